The number of aryl methyl sites for hydroxylation is 1. The first-order valence-corrected chi connectivity index (χ1v) is 9.32. The third kappa shape index (κ3) is 3.04. The maximum absolute atomic E-state index is 13.2. The van der Waals surface area contributed by atoms with Crippen molar-refractivity contribution in [2.24, 2.45) is 5.92 Å². The van der Waals surface area contributed by atoms with Crippen molar-refractivity contribution in [2.45, 2.75) is 45.1 Å². The molecule has 1 amide bonds. The first-order chi connectivity index (χ1) is 12.1. The zero-order valence-electron chi connectivity index (χ0n) is 14.7. The fraction of sp³-hybridized carbons (Fsp3) is 0.409. The van der Waals surface area contributed by atoms with E-state index in [4.69, 9.17) is 0 Å². The van der Waals surface area contributed by atoms with Crippen molar-refractivity contribution in [3.63, 3.8) is 0 Å². The Bertz CT molecular complexity index is 792. The fourth-order valence-electron chi connectivity index (χ4n) is 4.45. The number of phenols is 1. The summed E-state index contributed by atoms with van der Waals surface area (Å²) in [5, 5.41) is 10.0. The summed E-state index contributed by atoms with van der Waals surface area (Å²) in [6, 6.07) is 13.9. The number of fused-ring (bicyclic) bond motifs is 1. The van der Waals surface area contributed by atoms with Crippen LogP contribution in [0.4, 0.5) is 0 Å². The van der Waals surface area contributed by atoms with E-state index in [-0.39, 0.29) is 23.6 Å². The lowest BCUT2D eigenvalue weighted by molar-refractivity contribution is -0.137. The van der Waals surface area contributed by atoms with Crippen molar-refractivity contribution in [1.29, 1.82) is 0 Å². The summed E-state index contributed by atoms with van der Waals surface area (Å²) in [5.41, 5.74) is 4.64. The van der Waals surface area contributed by atoms with Gasteiger partial charge in [-0.3, -0.25) is 4.79 Å². The van der Waals surface area contributed by atoms with Gasteiger partial charge in [-0.1, -0.05) is 48.7 Å². The summed E-state index contributed by atoms with van der Waals surface area (Å²) in [5.74, 6) is 0.732. The lowest BCUT2D eigenvalue weighted by Gasteiger charge is -2.39. The lowest BCUT2D eigenvalue weighted by Crippen LogP contribution is -2.43. The number of hydrogen-bond acceptors (Lipinski definition) is 2. The van der Waals surface area contributed by atoms with E-state index in [0.717, 1.165) is 49.8 Å². The predicted octanol–water partition coefficient (Wildman–Crippen LogP) is 4.36. The molecule has 0 radical (unpaired) electrons. The van der Waals surface area contributed by atoms with E-state index in [0.29, 0.717) is 0 Å². The predicted molar refractivity (Wildman–Crippen MR) is 98.5 cm³/mol. The second-order valence-electron chi connectivity index (χ2n) is 7.46. The van der Waals surface area contributed by atoms with Crippen molar-refractivity contribution in [3.8, 4) is 5.75 Å². The molecule has 0 saturated heterocycles. The van der Waals surface area contributed by atoms with E-state index >= 15 is 0 Å². The summed E-state index contributed by atoms with van der Waals surface area (Å²) < 4.78 is 0. The van der Waals surface area contributed by atoms with E-state index in [9.17, 15) is 9.90 Å². The molecule has 130 valence electrons. The second-order valence-corrected chi connectivity index (χ2v) is 7.46. The van der Waals surface area contributed by atoms with Crippen LogP contribution in [-0.4, -0.2) is 22.5 Å². The molecule has 3 nitrogen and oxygen atoms in total. The number of rotatable bonds is 2. The van der Waals surface area contributed by atoms with Gasteiger partial charge in [-0.05, 0) is 55.0 Å². The summed E-state index contributed by atoms with van der Waals surface area (Å²) in [7, 11) is 0. The third-order valence-corrected chi connectivity index (χ3v) is 5.70. The van der Waals surface area contributed by atoms with Gasteiger partial charge in [0.2, 0.25) is 5.91 Å². The molecule has 3 heteroatoms. The minimum Gasteiger partial charge on any atom is -0.508 e. The summed E-state index contributed by atoms with van der Waals surface area (Å²) in [4.78, 5) is 15.3. The van der Waals surface area contributed by atoms with Crippen LogP contribution < -0.4 is 0 Å². The molecule has 0 aromatic heterocycles. The van der Waals surface area contributed by atoms with Crippen LogP contribution in [0.5, 0.6) is 5.75 Å². The molecule has 2 aromatic carbocycles. The van der Waals surface area contributed by atoms with Crippen LogP contribution in [-0.2, 0) is 11.2 Å². The van der Waals surface area contributed by atoms with E-state index < -0.39 is 0 Å². The Morgan fingerprint density at radius 1 is 1.12 bits per heavy atom. The van der Waals surface area contributed by atoms with E-state index in [1.54, 1.807) is 6.07 Å². The maximum Gasteiger partial charge on any atom is 0.226 e. The highest BCUT2D eigenvalue weighted by Crippen LogP contribution is 2.39. The number of carbonyl (C=O) groups is 1. The number of carbonyl (C=O) groups excluding carboxylic acids is 1. The molecule has 1 aliphatic heterocycles. The molecule has 1 saturated carbocycles. The van der Waals surface area contributed by atoms with Crippen molar-refractivity contribution >= 4 is 5.91 Å². The van der Waals surface area contributed by atoms with Gasteiger partial charge in [0.1, 0.15) is 5.75 Å². The average Bonchev–Trinajstić information content (AvgIpc) is 3.14. The molecular weight excluding hydrogens is 310 g/mol. The van der Waals surface area contributed by atoms with Crippen LogP contribution in [0.15, 0.2) is 42.5 Å². The lowest BCUT2D eigenvalue weighted by atomic mass is 9.86. The summed E-state index contributed by atoms with van der Waals surface area (Å²) in [6.07, 6.45) is 5.22. The molecule has 0 spiro atoms. The topological polar surface area (TPSA) is 40.5 Å². The third-order valence-electron chi connectivity index (χ3n) is 5.70. The molecule has 2 aliphatic rings. The highest BCUT2D eigenvalue weighted by atomic mass is 16.3. The van der Waals surface area contributed by atoms with Crippen LogP contribution in [0.25, 0.3) is 0 Å². The van der Waals surface area contributed by atoms with Gasteiger partial charge in [-0.2, -0.15) is 0 Å². The van der Waals surface area contributed by atoms with Gasteiger partial charge in [-0.25, -0.2) is 0 Å². The van der Waals surface area contributed by atoms with Gasteiger partial charge < -0.3 is 10.0 Å². The van der Waals surface area contributed by atoms with Crippen molar-refractivity contribution in [2.75, 3.05) is 6.54 Å². The van der Waals surface area contributed by atoms with Gasteiger partial charge >= 0.3 is 0 Å². The van der Waals surface area contributed by atoms with Gasteiger partial charge in [-0.15, -0.1) is 0 Å². The van der Waals surface area contributed by atoms with Gasteiger partial charge in [0.05, 0.1) is 6.04 Å². The van der Waals surface area contributed by atoms with E-state index in [2.05, 4.69) is 36.1 Å². The Morgan fingerprint density at radius 2 is 1.92 bits per heavy atom. The number of amides is 1. The van der Waals surface area contributed by atoms with Gasteiger partial charge in [0.15, 0.2) is 0 Å². The van der Waals surface area contributed by atoms with Crippen molar-refractivity contribution in [1.82, 2.24) is 4.90 Å². The molecule has 1 N–H and O–H groups in total. The first-order valence-electron chi connectivity index (χ1n) is 9.32. The Kier molecular flexibility index (Phi) is 4.24. The van der Waals surface area contributed by atoms with Crippen LogP contribution in [0.1, 0.15) is 54.0 Å². The number of aromatic hydroxyl groups is 1. The number of benzene rings is 2. The Balaban J connectivity index is 1.79. The molecule has 1 atom stereocenters. The highest BCUT2D eigenvalue weighted by molar-refractivity contribution is 5.80. The Hall–Kier alpha value is -2.29. The SMILES string of the molecule is Cc1cccc(C2c3cc(O)ccc3CCN2C(=O)C2CCCC2)c1. The zero-order valence-corrected chi connectivity index (χ0v) is 14.7. The van der Waals surface area contributed by atoms with Crippen LogP contribution in [0.3, 0.4) is 0 Å². The molecule has 2 aromatic rings. The average molecular weight is 335 g/mol. The van der Waals surface area contributed by atoms with E-state index in [1.165, 1.54) is 11.1 Å². The van der Waals surface area contributed by atoms with Crippen LogP contribution in [0.2, 0.25) is 0 Å². The smallest absolute Gasteiger partial charge is 0.226 e. The monoisotopic (exact) mass is 335 g/mol. The largest absolute Gasteiger partial charge is 0.508 e. The number of hydrogen-bond donors (Lipinski definition) is 1. The Morgan fingerprint density at radius 3 is 2.68 bits per heavy atom. The van der Waals surface area contributed by atoms with Gasteiger partial charge in [0.25, 0.3) is 0 Å². The first kappa shape index (κ1) is 16.2. The molecule has 1 heterocycles. The molecule has 0 bridgehead atoms. The normalized spacial score (nSPS) is 20.5. The van der Waals surface area contributed by atoms with Crippen LogP contribution >= 0.6 is 0 Å². The summed E-state index contributed by atoms with van der Waals surface area (Å²) in [6.45, 7) is 2.84. The van der Waals surface area contributed by atoms with Crippen molar-refractivity contribution in [3.05, 3.63) is 64.7 Å². The standard InChI is InChI=1S/C22H25NO2/c1-15-5-4-8-18(13-15)21-20-14-19(24)10-9-16(20)11-12-23(21)22(25)17-6-2-3-7-17/h4-5,8-10,13-14,17,21,24H,2-3,6-7,11-12H2,1H3. The quantitative estimate of drug-likeness (QED) is 0.885. The molecule has 1 aliphatic carbocycles. The molecule has 25 heavy (non-hydrogen) atoms. The number of nitrogens with zero attached hydrogens (tertiary/aromatic N) is 1. The second kappa shape index (κ2) is 6.55. The fourth-order valence-corrected chi connectivity index (χ4v) is 4.45. The van der Waals surface area contributed by atoms with E-state index in [1.807, 2.05) is 12.1 Å². The number of phenolic OH excluding ortho intramolecular Hbond substituents is 1. The molecule has 1 fully saturated rings. The maximum atomic E-state index is 13.2. The van der Waals surface area contributed by atoms with Gasteiger partial charge in [0, 0.05) is 12.5 Å². The zero-order chi connectivity index (χ0) is 17.4. The molecular formula is C22H25NO2. The minimum absolute atomic E-state index is 0.0937. The molecule has 4 rings (SSSR count). The molecule has 1 unspecified atom stereocenters. The Labute approximate surface area is 149 Å². The summed E-state index contributed by atoms with van der Waals surface area (Å²) >= 11 is 0. The van der Waals surface area contributed by atoms with Crippen LogP contribution in [0, 0.1) is 12.8 Å². The highest BCUT2D eigenvalue weighted by Gasteiger charge is 2.36. The minimum atomic E-state index is -0.0937. The van der Waals surface area contributed by atoms with Crippen molar-refractivity contribution < 1.29 is 9.90 Å².